The highest BCUT2D eigenvalue weighted by Gasteiger charge is 2.21. The van der Waals surface area contributed by atoms with E-state index in [4.69, 9.17) is 14.5 Å². The number of unbranched alkanes of at least 4 members (excludes halogenated alkanes) is 2. The summed E-state index contributed by atoms with van der Waals surface area (Å²) in [5, 5.41) is 3.86. The molecule has 1 N–H and O–H groups in total. The number of carbonyl (C=O) groups is 2. The number of esters is 2. The number of benzene rings is 7. The fourth-order valence-corrected chi connectivity index (χ4v) is 7.58. The van der Waals surface area contributed by atoms with Gasteiger partial charge in [0.05, 0.1) is 30.4 Å². The van der Waals surface area contributed by atoms with Crippen LogP contribution in [-0.4, -0.2) is 31.0 Å². The van der Waals surface area contributed by atoms with Crippen molar-refractivity contribution in [2.24, 2.45) is 4.99 Å². The first kappa shape index (κ1) is 48.5. The molecule has 0 aliphatic rings. The first-order valence-electron chi connectivity index (χ1n) is 23.4. The van der Waals surface area contributed by atoms with Crippen LogP contribution in [0.3, 0.4) is 0 Å². The van der Waals surface area contributed by atoms with Gasteiger partial charge < -0.3 is 14.8 Å². The highest BCUT2D eigenvalue weighted by atomic mass is 16.5. The first-order chi connectivity index (χ1) is 33.8. The molecule has 0 heterocycles. The lowest BCUT2D eigenvalue weighted by Crippen LogP contribution is -2.29. The molecule has 6 nitrogen and oxygen atoms in total. The third kappa shape index (κ3) is 13.8. The van der Waals surface area contributed by atoms with E-state index in [-0.39, 0.29) is 24.0 Å². The maximum atomic E-state index is 12.5. The van der Waals surface area contributed by atoms with Crippen LogP contribution in [-0.2, 0) is 9.47 Å². The Bertz CT molecular complexity index is 2840. The third-order valence-electron chi connectivity index (χ3n) is 11.5. The summed E-state index contributed by atoms with van der Waals surface area (Å²) >= 11 is 0. The van der Waals surface area contributed by atoms with E-state index in [0.29, 0.717) is 24.3 Å². The van der Waals surface area contributed by atoms with Crippen LogP contribution in [0, 0.1) is 23.7 Å². The number of ether oxygens (including phenoxy) is 2. The van der Waals surface area contributed by atoms with Crippen molar-refractivity contribution in [2.45, 2.75) is 51.6 Å². The van der Waals surface area contributed by atoms with E-state index in [1.807, 2.05) is 84.9 Å². The molecule has 342 valence electrons. The van der Waals surface area contributed by atoms with Gasteiger partial charge in [0.25, 0.3) is 0 Å². The molecule has 0 unspecified atom stereocenters. The van der Waals surface area contributed by atoms with E-state index in [1.54, 1.807) is 24.3 Å². The van der Waals surface area contributed by atoms with Gasteiger partial charge in [0.1, 0.15) is 5.84 Å². The van der Waals surface area contributed by atoms with Crippen LogP contribution in [0.2, 0.25) is 0 Å². The Morgan fingerprint density at radius 1 is 0.522 bits per heavy atom. The van der Waals surface area contributed by atoms with Crippen LogP contribution < -0.4 is 5.32 Å². The molecule has 0 fully saturated rings. The molecule has 0 amide bonds. The lowest BCUT2D eigenvalue weighted by molar-refractivity contribution is 0.0492. The molecule has 0 saturated carbocycles. The van der Waals surface area contributed by atoms with Crippen LogP contribution in [0.4, 0.5) is 0 Å². The average molecular weight is 905 g/mol. The largest absolute Gasteiger partial charge is 0.462 e. The number of nitrogens with zero attached hydrogens (tertiary/aromatic N) is 1. The minimum Gasteiger partial charge on any atom is -0.462 e. The number of amidine groups is 1. The van der Waals surface area contributed by atoms with Crippen molar-refractivity contribution in [2.75, 3.05) is 13.2 Å². The van der Waals surface area contributed by atoms with Crippen molar-refractivity contribution >= 4 is 17.8 Å². The number of hydrogen-bond donors (Lipinski definition) is 1. The number of aliphatic imine (C=N–C) groups is 1. The summed E-state index contributed by atoms with van der Waals surface area (Å²) in [6, 6.07) is 57.9. The minimum absolute atomic E-state index is 0.0618. The van der Waals surface area contributed by atoms with Crippen LogP contribution in [0.1, 0.15) is 111 Å². The number of rotatable bonds is 17. The van der Waals surface area contributed by atoms with Gasteiger partial charge in [0, 0.05) is 33.9 Å². The molecule has 6 heteroatoms. The average Bonchev–Trinajstić information content (AvgIpc) is 3.40. The predicted molar refractivity (Wildman–Crippen MR) is 281 cm³/mol. The van der Waals surface area contributed by atoms with Crippen molar-refractivity contribution in [3.05, 3.63) is 251 Å². The van der Waals surface area contributed by atoms with E-state index in [9.17, 15) is 9.59 Å². The van der Waals surface area contributed by atoms with Gasteiger partial charge in [-0.25, -0.2) is 9.59 Å². The number of nitrogens with one attached hydrogen (secondary N) is 1. The van der Waals surface area contributed by atoms with Crippen molar-refractivity contribution in [3.8, 4) is 45.9 Å². The Balaban J connectivity index is 1.21. The molecule has 0 bridgehead atoms. The first-order valence-corrected chi connectivity index (χ1v) is 23.4. The standard InChI is InChI=1S/C63H56N2O4/c1-5-7-15-44-68-62(66)56-40-32-50(33-41-56)26-24-48-28-36-54(37-29-48)58-22-17-23-59(60(58)61(64-46(3)52-18-11-9-12-19-52)65-47(4)53-20-13-10-14-21-53)55-38-30-49(31-39-55)25-27-51-34-42-57(43-35-51)63(67)69-45-16-8-6-2/h5-6,9-14,17-23,28-43,46-47H,1-2,7-8,15-16,44-45H2,3-4H3,(H,64,65)/t46-,47-/m1/s1. The zero-order valence-electron chi connectivity index (χ0n) is 39.3. The molecular formula is C63H56N2O4. The molecule has 7 aromatic carbocycles. The second-order valence-corrected chi connectivity index (χ2v) is 16.5. The lowest BCUT2D eigenvalue weighted by atomic mass is 9.89. The summed E-state index contributed by atoms with van der Waals surface area (Å²) in [5.41, 5.74) is 11.6. The van der Waals surface area contributed by atoms with Gasteiger partial charge >= 0.3 is 11.9 Å². The smallest absolute Gasteiger partial charge is 0.338 e. The van der Waals surface area contributed by atoms with Gasteiger partial charge in [-0.05, 0) is 146 Å². The van der Waals surface area contributed by atoms with E-state index in [0.717, 1.165) is 92.7 Å². The highest BCUT2D eigenvalue weighted by Crippen LogP contribution is 2.35. The molecule has 0 aliphatic carbocycles. The predicted octanol–water partition coefficient (Wildman–Crippen LogP) is 13.9. The highest BCUT2D eigenvalue weighted by molar-refractivity contribution is 6.10. The second-order valence-electron chi connectivity index (χ2n) is 16.5. The summed E-state index contributed by atoms with van der Waals surface area (Å²) in [7, 11) is 0. The van der Waals surface area contributed by atoms with Gasteiger partial charge in [-0.1, -0.05) is 139 Å². The fourth-order valence-electron chi connectivity index (χ4n) is 7.58. The molecule has 0 radical (unpaired) electrons. The van der Waals surface area contributed by atoms with E-state index >= 15 is 0 Å². The molecule has 0 saturated heterocycles. The Labute approximate surface area is 407 Å². The Morgan fingerprint density at radius 2 is 0.913 bits per heavy atom. The fraction of sp³-hybridized carbons (Fsp3) is 0.159. The van der Waals surface area contributed by atoms with Crippen molar-refractivity contribution in [1.29, 1.82) is 0 Å². The topological polar surface area (TPSA) is 77.0 Å². The summed E-state index contributed by atoms with van der Waals surface area (Å²) < 4.78 is 10.8. The zero-order valence-corrected chi connectivity index (χ0v) is 39.3. The quantitative estimate of drug-likeness (QED) is 0.0246. The second kappa shape index (κ2) is 24.9. The minimum atomic E-state index is -0.344. The Morgan fingerprint density at radius 3 is 1.32 bits per heavy atom. The summed E-state index contributed by atoms with van der Waals surface area (Å²) in [6.07, 6.45) is 6.73. The summed E-state index contributed by atoms with van der Waals surface area (Å²) in [6.45, 7) is 12.4. The molecule has 2 atom stereocenters. The zero-order chi connectivity index (χ0) is 48.2. The SMILES string of the molecule is C=CCCCOC(=O)c1ccc(C#Cc2ccc(-c3cccc(-c4ccc(C#Cc5ccc(C(=O)OCCCC=C)cc5)cc4)c3C(=N[C@H](C)c3ccccc3)N[C@H](C)c3ccccc3)cc2)cc1. The molecule has 7 rings (SSSR count). The van der Waals surface area contributed by atoms with Crippen LogP contribution >= 0.6 is 0 Å². The van der Waals surface area contributed by atoms with E-state index < -0.39 is 0 Å². The van der Waals surface area contributed by atoms with Crippen molar-refractivity contribution in [3.63, 3.8) is 0 Å². The molecule has 7 aromatic rings. The number of carbonyl (C=O) groups excluding carboxylic acids is 2. The van der Waals surface area contributed by atoms with Gasteiger partial charge in [-0.3, -0.25) is 4.99 Å². The Hall–Kier alpha value is -8.45. The maximum Gasteiger partial charge on any atom is 0.338 e. The van der Waals surface area contributed by atoms with Gasteiger partial charge in [-0.2, -0.15) is 0 Å². The number of hydrogen-bond acceptors (Lipinski definition) is 5. The van der Waals surface area contributed by atoms with Crippen molar-refractivity contribution in [1.82, 2.24) is 5.32 Å². The van der Waals surface area contributed by atoms with Gasteiger partial charge in [-0.15, -0.1) is 13.2 Å². The normalized spacial score (nSPS) is 11.7. The lowest BCUT2D eigenvalue weighted by Gasteiger charge is -2.24. The monoisotopic (exact) mass is 904 g/mol. The molecule has 69 heavy (non-hydrogen) atoms. The van der Waals surface area contributed by atoms with Gasteiger partial charge in [0.15, 0.2) is 0 Å². The Kier molecular flexibility index (Phi) is 17.5. The molecule has 0 aliphatic heterocycles. The molecule has 0 spiro atoms. The van der Waals surface area contributed by atoms with Gasteiger partial charge in [0.2, 0.25) is 0 Å². The third-order valence-corrected chi connectivity index (χ3v) is 11.5. The molecule has 0 aromatic heterocycles. The number of allylic oxidation sites excluding steroid dienone is 2. The van der Waals surface area contributed by atoms with Crippen molar-refractivity contribution < 1.29 is 19.1 Å². The van der Waals surface area contributed by atoms with E-state index in [1.165, 1.54) is 0 Å². The van der Waals surface area contributed by atoms with Crippen LogP contribution in [0.25, 0.3) is 22.3 Å². The summed E-state index contributed by atoms with van der Waals surface area (Å²) in [4.78, 5) is 30.4. The van der Waals surface area contributed by atoms with Crippen LogP contribution in [0.5, 0.6) is 0 Å². The summed E-state index contributed by atoms with van der Waals surface area (Å²) in [5.74, 6) is 13.2. The van der Waals surface area contributed by atoms with E-state index in [2.05, 4.69) is 135 Å². The molecular weight excluding hydrogens is 849 g/mol. The van der Waals surface area contributed by atoms with Crippen LogP contribution in [0.15, 0.2) is 206 Å². The maximum absolute atomic E-state index is 12.5.